The van der Waals surface area contributed by atoms with Gasteiger partial charge in [0, 0.05) is 36.6 Å². The highest BCUT2D eigenvalue weighted by Gasteiger charge is 2.12. The van der Waals surface area contributed by atoms with E-state index in [1.165, 1.54) is 24.6 Å². The van der Waals surface area contributed by atoms with Gasteiger partial charge in [0.15, 0.2) is 0 Å². The summed E-state index contributed by atoms with van der Waals surface area (Å²) in [6, 6.07) is 18.2. The molecule has 0 aliphatic carbocycles. The van der Waals surface area contributed by atoms with Gasteiger partial charge in [0.25, 0.3) is 5.91 Å². The molecule has 2 heterocycles. The zero-order valence-electron chi connectivity index (χ0n) is 16.1. The number of benzene rings is 2. The summed E-state index contributed by atoms with van der Waals surface area (Å²) >= 11 is 0. The van der Waals surface area contributed by atoms with E-state index in [-0.39, 0.29) is 24.0 Å². The van der Waals surface area contributed by atoms with E-state index in [0.29, 0.717) is 5.56 Å². The van der Waals surface area contributed by atoms with Crippen molar-refractivity contribution in [3.8, 4) is 0 Å². The minimum atomic E-state index is -0.338. The molecule has 29 heavy (non-hydrogen) atoms. The third kappa shape index (κ3) is 4.71. The molecule has 1 amide bonds. The number of hydrogen-bond acceptors (Lipinski definition) is 4. The summed E-state index contributed by atoms with van der Waals surface area (Å²) < 4.78 is 13.6. The maximum absolute atomic E-state index is 13.6. The Morgan fingerprint density at radius 2 is 1.69 bits per heavy atom. The van der Waals surface area contributed by atoms with Crippen LogP contribution in [0.15, 0.2) is 66.9 Å². The van der Waals surface area contributed by atoms with Crippen LogP contribution in [-0.2, 0) is 6.54 Å². The Hall–Kier alpha value is -3.41. The van der Waals surface area contributed by atoms with E-state index >= 15 is 0 Å². The van der Waals surface area contributed by atoms with Crippen molar-refractivity contribution in [2.24, 2.45) is 0 Å². The molecular weight excluding hydrogens is 367 g/mol. The van der Waals surface area contributed by atoms with Gasteiger partial charge in [-0.2, -0.15) is 0 Å². The highest BCUT2D eigenvalue weighted by atomic mass is 19.1. The topological polar surface area (TPSA) is 57.3 Å². The number of nitrogens with zero attached hydrogens (tertiary/aromatic N) is 2. The molecule has 2 aromatic carbocycles. The smallest absolute Gasteiger partial charge is 0.270 e. The molecule has 148 valence electrons. The number of nitrogens with one attached hydrogen (secondary N) is 2. The molecule has 0 saturated carbocycles. The molecule has 0 unspecified atom stereocenters. The first kappa shape index (κ1) is 18.9. The van der Waals surface area contributed by atoms with Gasteiger partial charge in [-0.1, -0.05) is 18.2 Å². The summed E-state index contributed by atoms with van der Waals surface area (Å²) in [5, 5.41) is 5.98. The number of amides is 1. The van der Waals surface area contributed by atoms with Gasteiger partial charge in [-0.3, -0.25) is 4.79 Å². The molecule has 3 aromatic rings. The second-order valence-corrected chi connectivity index (χ2v) is 7.07. The number of carbonyl (C=O) groups is 1. The Kier molecular flexibility index (Phi) is 5.70. The second-order valence-electron chi connectivity index (χ2n) is 7.07. The lowest BCUT2D eigenvalue weighted by Gasteiger charge is -2.18. The van der Waals surface area contributed by atoms with E-state index in [0.717, 1.165) is 24.5 Å². The molecule has 1 saturated heterocycles. The van der Waals surface area contributed by atoms with Gasteiger partial charge in [0.2, 0.25) is 0 Å². The van der Waals surface area contributed by atoms with Crippen molar-refractivity contribution >= 4 is 23.0 Å². The van der Waals surface area contributed by atoms with E-state index in [1.807, 2.05) is 12.1 Å². The first-order chi connectivity index (χ1) is 14.2. The lowest BCUT2D eigenvalue weighted by molar-refractivity contribution is 0.0945. The van der Waals surface area contributed by atoms with Crippen molar-refractivity contribution in [3.05, 3.63) is 83.9 Å². The van der Waals surface area contributed by atoms with Gasteiger partial charge in [-0.25, -0.2) is 9.37 Å². The van der Waals surface area contributed by atoms with Crippen LogP contribution < -0.4 is 15.5 Å². The molecule has 1 aromatic heterocycles. The Bertz CT molecular complexity index is 967. The van der Waals surface area contributed by atoms with E-state index in [1.54, 1.807) is 36.5 Å². The second kappa shape index (κ2) is 8.73. The maximum atomic E-state index is 13.6. The third-order valence-corrected chi connectivity index (χ3v) is 5.02. The van der Waals surface area contributed by atoms with E-state index in [9.17, 15) is 9.18 Å². The molecule has 0 bridgehead atoms. The van der Waals surface area contributed by atoms with Crippen LogP contribution in [0, 0.1) is 5.82 Å². The fourth-order valence-electron chi connectivity index (χ4n) is 3.41. The molecule has 1 aliphatic heterocycles. The van der Waals surface area contributed by atoms with Crippen LogP contribution in [-0.4, -0.2) is 24.0 Å². The predicted octanol–water partition coefficient (Wildman–Crippen LogP) is 4.49. The van der Waals surface area contributed by atoms with Crippen LogP contribution in [0.4, 0.5) is 21.5 Å². The minimum absolute atomic E-state index is 0.122. The molecule has 0 atom stereocenters. The Morgan fingerprint density at radius 3 is 2.38 bits per heavy atom. The van der Waals surface area contributed by atoms with Crippen LogP contribution in [0.5, 0.6) is 0 Å². The molecule has 2 N–H and O–H groups in total. The summed E-state index contributed by atoms with van der Waals surface area (Å²) in [6.07, 6.45) is 4.13. The van der Waals surface area contributed by atoms with Crippen molar-refractivity contribution in [2.75, 3.05) is 23.3 Å². The molecule has 0 radical (unpaired) electrons. The van der Waals surface area contributed by atoms with Gasteiger partial charge in [-0.15, -0.1) is 0 Å². The number of aromatic nitrogens is 1. The van der Waals surface area contributed by atoms with Gasteiger partial charge < -0.3 is 15.5 Å². The molecule has 0 spiro atoms. The van der Waals surface area contributed by atoms with Crippen molar-refractivity contribution in [1.82, 2.24) is 10.3 Å². The lowest BCUT2D eigenvalue weighted by Crippen LogP contribution is -2.24. The molecule has 1 aliphatic rings. The molecule has 1 fully saturated rings. The Balaban J connectivity index is 1.33. The Morgan fingerprint density at radius 1 is 0.966 bits per heavy atom. The summed E-state index contributed by atoms with van der Waals surface area (Å²) in [6.45, 7) is 2.37. The highest BCUT2D eigenvalue weighted by Crippen LogP contribution is 2.23. The summed E-state index contributed by atoms with van der Waals surface area (Å²) in [5.74, 6) is -0.675. The van der Waals surface area contributed by atoms with E-state index in [2.05, 4.69) is 32.7 Å². The van der Waals surface area contributed by atoms with Crippen LogP contribution >= 0.6 is 0 Å². The number of halogens is 1. The van der Waals surface area contributed by atoms with E-state index in [4.69, 9.17) is 0 Å². The number of rotatable bonds is 6. The number of hydrogen-bond donors (Lipinski definition) is 2. The van der Waals surface area contributed by atoms with Gasteiger partial charge >= 0.3 is 0 Å². The van der Waals surface area contributed by atoms with Crippen molar-refractivity contribution in [2.45, 2.75) is 19.4 Å². The fourth-order valence-corrected chi connectivity index (χ4v) is 3.41. The first-order valence-corrected chi connectivity index (χ1v) is 9.79. The monoisotopic (exact) mass is 390 g/mol. The average molecular weight is 390 g/mol. The number of anilines is 3. The summed E-state index contributed by atoms with van der Waals surface area (Å²) in [7, 11) is 0. The van der Waals surface area contributed by atoms with Crippen molar-refractivity contribution in [1.29, 1.82) is 0 Å². The lowest BCUT2D eigenvalue weighted by atomic mass is 10.2. The van der Waals surface area contributed by atoms with Crippen molar-refractivity contribution in [3.63, 3.8) is 0 Å². The predicted molar refractivity (Wildman–Crippen MR) is 113 cm³/mol. The SMILES string of the molecule is O=C(NCc1ccccc1F)c1ccc(Nc2ccc(N3CCCC3)cc2)cn1. The zero-order valence-corrected chi connectivity index (χ0v) is 16.1. The van der Waals surface area contributed by atoms with Gasteiger partial charge in [0.05, 0.1) is 11.9 Å². The first-order valence-electron chi connectivity index (χ1n) is 9.79. The van der Waals surface area contributed by atoms with Gasteiger partial charge in [-0.05, 0) is 55.3 Å². The third-order valence-electron chi connectivity index (χ3n) is 5.02. The van der Waals surface area contributed by atoms with Crippen LogP contribution in [0.1, 0.15) is 28.9 Å². The zero-order chi connectivity index (χ0) is 20.1. The largest absolute Gasteiger partial charge is 0.372 e. The number of carbonyl (C=O) groups excluding carboxylic acids is 1. The van der Waals surface area contributed by atoms with E-state index < -0.39 is 0 Å². The molecule has 4 rings (SSSR count). The van der Waals surface area contributed by atoms with Crippen LogP contribution in [0.2, 0.25) is 0 Å². The highest BCUT2D eigenvalue weighted by molar-refractivity contribution is 5.92. The standard InChI is InChI=1S/C23H23FN4O/c24-21-6-2-1-5-17(21)15-26-23(29)22-12-9-19(16-25-22)27-18-7-10-20(11-8-18)28-13-3-4-14-28/h1-2,5-12,16,27H,3-4,13-15H2,(H,26,29). The minimum Gasteiger partial charge on any atom is -0.372 e. The quantitative estimate of drug-likeness (QED) is 0.651. The number of pyridine rings is 1. The van der Waals surface area contributed by atoms with Gasteiger partial charge in [0.1, 0.15) is 11.5 Å². The van der Waals surface area contributed by atoms with Crippen LogP contribution in [0.3, 0.4) is 0 Å². The maximum Gasteiger partial charge on any atom is 0.270 e. The Labute approximate surface area is 169 Å². The summed E-state index contributed by atoms with van der Waals surface area (Å²) in [5.41, 5.74) is 3.73. The van der Waals surface area contributed by atoms with Crippen molar-refractivity contribution < 1.29 is 9.18 Å². The molecular formula is C23H23FN4O. The average Bonchev–Trinajstić information content (AvgIpc) is 3.29. The van der Waals surface area contributed by atoms with Crippen LogP contribution in [0.25, 0.3) is 0 Å². The molecule has 5 nitrogen and oxygen atoms in total. The molecule has 6 heteroatoms. The fraction of sp³-hybridized carbons (Fsp3) is 0.217. The summed E-state index contributed by atoms with van der Waals surface area (Å²) in [4.78, 5) is 18.8. The normalized spacial score (nSPS) is 13.3.